The summed E-state index contributed by atoms with van der Waals surface area (Å²) >= 11 is 1.48. The second-order valence-corrected chi connectivity index (χ2v) is 11.8. The van der Waals surface area contributed by atoms with E-state index in [1.54, 1.807) is 36.7 Å². The second-order valence-electron chi connectivity index (χ2n) is 9.06. The van der Waals surface area contributed by atoms with Crippen LogP contribution in [0.1, 0.15) is 23.6 Å². The molecule has 10 heteroatoms. The van der Waals surface area contributed by atoms with E-state index in [2.05, 4.69) is 37.0 Å². The molecule has 0 bridgehead atoms. The number of pyridine rings is 1. The minimum Gasteiger partial charge on any atom is -0.379 e. The highest BCUT2D eigenvalue weighted by molar-refractivity contribution is 7.89. The lowest BCUT2D eigenvalue weighted by atomic mass is 10.1. The number of sulfonamides is 1. The minimum atomic E-state index is -3.56. The van der Waals surface area contributed by atoms with Gasteiger partial charge in [-0.15, -0.1) is 11.3 Å². The average Bonchev–Trinajstić information content (AvgIpc) is 3.33. The maximum Gasteiger partial charge on any atom is 0.243 e. The molecular formula is C28H29N5O3S2. The zero-order valence-corrected chi connectivity index (χ0v) is 23.2. The molecule has 2 aromatic carbocycles. The summed E-state index contributed by atoms with van der Waals surface area (Å²) in [6.07, 6.45) is 3.52. The Hall–Kier alpha value is -3.44. The Labute approximate surface area is 226 Å². The summed E-state index contributed by atoms with van der Waals surface area (Å²) < 4.78 is 34.6. The molecule has 1 saturated heterocycles. The topological polar surface area (TPSA) is 89.2 Å². The molecule has 0 atom stereocenters. The van der Waals surface area contributed by atoms with Gasteiger partial charge < -0.3 is 4.74 Å². The first-order chi connectivity index (χ1) is 18.3. The predicted molar refractivity (Wildman–Crippen MR) is 150 cm³/mol. The van der Waals surface area contributed by atoms with E-state index in [9.17, 15) is 8.42 Å². The van der Waals surface area contributed by atoms with Crippen LogP contribution in [0.4, 0.5) is 5.69 Å². The number of nitrogens with zero attached hydrogens (tertiary/aromatic N) is 5. The van der Waals surface area contributed by atoms with Crippen molar-refractivity contribution in [2.45, 2.75) is 25.7 Å². The molecule has 38 heavy (non-hydrogen) atoms. The molecule has 196 valence electrons. The summed E-state index contributed by atoms with van der Waals surface area (Å²) in [6, 6.07) is 16.9. The molecule has 0 aliphatic carbocycles. The van der Waals surface area contributed by atoms with E-state index in [4.69, 9.17) is 14.8 Å². The Morgan fingerprint density at radius 2 is 1.79 bits per heavy atom. The first-order valence-electron chi connectivity index (χ1n) is 12.3. The fourth-order valence-corrected chi connectivity index (χ4v) is 6.35. The maximum atomic E-state index is 13.0. The van der Waals surface area contributed by atoms with E-state index < -0.39 is 10.0 Å². The van der Waals surface area contributed by atoms with Gasteiger partial charge in [0.05, 0.1) is 35.2 Å². The molecule has 0 spiro atoms. The molecule has 1 fully saturated rings. The van der Waals surface area contributed by atoms with Crippen LogP contribution in [0.2, 0.25) is 0 Å². The molecule has 5 rings (SSSR count). The van der Waals surface area contributed by atoms with Crippen LogP contribution in [0.25, 0.3) is 11.3 Å². The Balaban J connectivity index is 1.56. The lowest BCUT2D eigenvalue weighted by Gasteiger charge is -2.26. The zero-order valence-electron chi connectivity index (χ0n) is 21.5. The van der Waals surface area contributed by atoms with Crippen molar-refractivity contribution in [2.24, 2.45) is 10.1 Å². The minimum absolute atomic E-state index is 0.249. The van der Waals surface area contributed by atoms with Crippen LogP contribution in [-0.2, 0) is 14.8 Å². The van der Waals surface area contributed by atoms with E-state index in [0.717, 1.165) is 22.5 Å². The van der Waals surface area contributed by atoms with Gasteiger partial charge in [0.2, 0.25) is 14.8 Å². The molecule has 1 aliphatic rings. The SMILES string of the molecule is CC(=Nn1c(-c2ccc(C)c(C)c2)csc1=Nc1ccc(S(=O)(=O)N2CCOCC2)cc1)c1cccnc1. The molecule has 0 N–H and O–H groups in total. The van der Waals surface area contributed by atoms with E-state index in [0.29, 0.717) is 36.8 Å². The number of aryl methyl sites for hydroxylation is 2. The van der Waals surface area contributed by atoms with Crippen LogP contribution in [-0.4, -0.2) is 54.4 Å². The van der Waals surface area contributed by atoms with Crippen molar-refractivity contribution in [1.82, 2.24) is 14.0 Å². The van der Waals surface area contributed by atoms with Gasteiger partial charge in [-0.25, -0.2) is 18.1 Å². The largest absolute Gasteiger partial charge is 0.379 e. The van der Waals surface area contributed by atoms with Gasteiger partial charge in [0.1, 0.15) is 0 Å². The average molecular weight is 548 g/mol. The second kappa shape index (κ2) is 11.1. The molecule has 0 amide bonds. The highest BCUT2D eigenvalue weighted by Gasteiger charge is 2.26. The first kappa shape index (κ1) is 26.2. The fourth-order valence-electron chi connectivity index (χ4n) is 4.10. The number of aromatic nitrogens is 2. The van der Waals surface area contributed by atoms with E-state index in [1.165, 1.54) is 26.8 Å². The quantitative estimate of drug-likeness (QED) is 0.326. The van der Waals surface area contributed by atoms with Crippen LogP contribution in [0.3, 0.4) is 0 Å². The molecule has 4 aromatic rings. The predicted octanol–water partition coefficient (Wildman–Crippen LogP) is 4.75. The molecule has 0 unspecified atom stereocenters. The van der Waals surface area contributed by atoms with Gasteiger partial charge in [-0.3, -0.25) is 4.98 Å². The van der Waals surface area contributed by atoms with E-state index in [1.807, 2.05) is 29.1 Å². The third-order valence-corrected chi connectivity index (χ3v) is 9.22. The lowest BCUT2D eigenvalue weighted by Crippen LogP contribution is -2.40. The van der Waals surface area contributed by atoms with Crippen molar-refractivity contribution in [3.8, 4) is 11.3 Å². The Morgan fingerprint density at radius 1 is 1.03 bits per heavy atom. The Morgan fingerprint density at radius 3 is 2.47 bits per heavy atom. The van der Waals surface area contributed by atoms with Gasteiger partial charge in [-0.2, -0.15) is 9.41 Å². The molecule has 3 heterocycles. The normalized spacial score (nSPS) is 15.7. The van der Waals surface area contributed by atoms with Crippen molar-refractivity contribution in [1.29, 1.82) is 0 Å². The van der Waals surface area contributed by atoms with Crippen LogP contribution >= 0.6 is 11.3 Å². The number of benzene rings is 2. The number of rotatable bonds is 6. The smallest absolute Gasteiger partial charge is 0.243 e. The van der Waals surface area contributed by atoms with Crippen molar-refractivity contribution in [3.63, 3.8) is 0 Å². The van der Waals surface area contributed by atoms with Crippen LogP contribution < -0.4 is 4.80 Å². The molecule has 8 nitrogen and oxygen atoms in total. The van der Waals surface area contributed by atoms with Crippen molar-refractivity contribution >= 4 is 32.8 Å². The number of hydrogen-bond acceptors (Lipinski definition) is 7. The van der Waals surface area contributed by atoms with E-state index in [-0.39, 0.29) is 4.90 Å². The third-order valence-electron chi connectivity index (χ3n) is 6.49. The molecule has 0 radical (unpaired) electrons. The number of hydrogen-bond donors (Lipinski definition) is 0. The highest BCUT2D eigenvalue weighted by atomic mass is 32.2. The highest BCUT2D eigenvalue weighted by Crippen LogP contribution is 2.25. The van der Waals surface area contributed by atoms with Crippen LogP contribution in [0, 0.1) is 13.8 Å². The summed E-state index contributed by atoms with van der Waals surface area (Å²) in [5, 5.41) is 6.97. The van der Waals surface area contributed by atoms with Crippen molar-refractivity contribution < 1.29 is 13.2 Å². The van der Waals surface area contributed by atoms with Gasteiger partial charge >= 0.3 is 0 Å². The summed E-state index contributed by atoms with van der Waals surface area (Å²) in [6.45, 7) is 7.67. The molecule has 2 aromatic heterocycles. The first-order valence-corrected chi connectivity index (χ1v) is 14.6. The number of thiazole rings is 1. The number of morpholine rings is 1. The lowest BCUT2D eigenvalue weighted by molar-refractivity contribution is 0.0730. The maximum absolute atomic E-state index is 13.0. The van der Waals surface area contributed by atoms with Crippen molar-refractivity contribution in [3.05, 3.63) is 93.9 Å². The fraction of sp³-hybridized carbons (Fsp3) is 0.250. The summed E-state index contributed by atoms with van der Waals surface area (Å²) in [4.78, 5) is 9.98. The van der Waals surface area contributed by atoms with Crippen LogP contribution in [0.5, 0.6) is 0 Å². The number of ether oxygens (including phenoxy) is 1. The van der Waals surface area contributed by atoms with E-state index >= 15 is 0 Å². The van der Waals surface area contributed by atoms with Crippen LogP contribution in [0.15, 0.2) is 87.4 Å². The summed E-state index contributed by atoms with van der Waals surface area (Å²) in [7, 11) is -3.56. The van der Waals surface area contributed by atoms with Gasteiger partial charge in [-0.1, -0.05) is 18.2 Å². The van der Waals surface area contributed by atoms with Gasteiger partial charge in [0.15, 0.2) is 0 Å². The molecule has 0 saturated carbocycles. The molecular weight excluding hydrogens is 518 g/mol. The van der Waals surface area contributed by atoms with Crippen molar-refractivity contribution in [2.75, 3.05) is 26.3 Å². The standard InChI is InChI=1S/C28H29N5O3S2/c1-20-6-7-23(17-21(20)2)27-19-37-28(33(27)31-22(3)24-5-4-12-29-18-24)30-25-8-10-26(11-9-25)38(34,35)32-13-15-36-16-14-32/h4-12,17-19H,13-16H2,1-3H3. The monoisotopic (exact) mass is 547 g/mol. The summed E-state index contributed by atoms with van der Waals surface area (Å²) in [5.74, 6) is 0. The Bertz CT molecular complexity index is 1630. The third kappa shape index (κ3) is 5.53. The van der Waals surface area contributed by atoms with Gasteiger partial charge in [-0.05, 0) is 68.3 Å². The zero-order chi connectivity index (χ0) is 26.7. The summed E-state index contributed by atoms with van der Waals surface area (Å²) in [5.41, 5.74) is 6.75. The molecule has 1 aliphatic heterocycles. The van der Waals surface area contributed by atoms with Gasteiger partial charge in [0.25, 0.3) is 0 Å². The van der Waals surface area contributed by atoms with Gasteiger partial charge in [0, 0.05) is 42.0 Å². The Kier molecular flexibility index (Phi) is 7.66.